The molecule has 2 nitrogen and oxygen atoms in total. The predicted molar refractivity (Wildman–Crippen MR) is 228 cm³/mol. The minimum atomic E-state index is -0.469. The predicted octanol–water partition coefficient (Wildman–Crippen LogP) is 12.7. The van der Waals surface area contributed by atoms with Gasteiger partial charge in [-0.15, -0.1) is 0 Å². The van der Waals surface area contributed by atoms with Crippen molar-refractivity contribution in [2.75, 3.05) is 0 Å². The number of rotatable bonds is 5. The Labute approximate surface area is 323 Å². The van der Waals surface area contributed by atoms with E-state index in [1.165, 1.54) is 88.5 Å². The van der Waals surface area contributed by atoms with Crippen LogP contribution in [0.15, 0.2) is 176 Å². The summed E-state index contributed by atoms with van der Waals surface area (Å²) in [7, 11) is 0. The third kappa shape index (κ3) is 4.40. The van der Waals surface area contributed by atoms with Crippen molar-refractivity contribution in [3.05, 3.63) is 204 Å². The third-order valence-corrected chi connectivity index (χ3v) is 13.4. The Balaban J connectivity index is 1.17. The van der Waals surface area contributed by atoms with Gasteiger partial charge in [0.2, 0.25) is 5.69 Å². The first-order chi connectivity index (χ1) is 27.2. The molecule has 2 heteroatoms. The standard InChI is InChI=1S/C53H43N2/c1-3-52(4-2)32-30-37-26-27-38(34-44(37)50-42-21-12-11-16-36(42)31-33-54(50)52)39-28-29-48-45(35-39)43-22-15-24-47-51(43)55(48)49-25-14-13-23-46(49)53(47,40-17-7-5-8-18-40)41-19-9-6-10-20-41/h5-29,31,33-35H,3-4,30,32H2,1-2H3/q+1. The van der Waals surface area contributed by atoms with Gasteiger partial charge in [0.1, 0.15) is 0 Å². The van der Waals surface area contributed by atoms with E-state index in [-0.39, 0.29) is 5.54 Å². The molecule has 2 aliphatic heterocycles. The molecule has 4 heterocycles. The van der Waals surface area contributed by atoms with Crippen LogP contribution in [-0.4, -0.2) is 4.57 Å². The molecule has 0 unspecified atom stereocenters. The number of fused-ring (bicyclic) bond motifs is 10. The van der Waals surface area contributed by atoms with Crippen LogP contribution < -0.4 is 4.57 Å². The number of hydrogen-bond acceptors (Lipinski definition) is 0. The maximum atomic E-state index is 2.64. The van der Waals surface area contributed by atoms with Gasteiger partial charge >= 0.3 is 0 Å². The molecule has 264 valence electrons. The summed E-state index contributed by atoms with van der Waals surface area (Å²) in [5, 5.41) is 5.20. The zero-order valence-electron chi connectivity index (χ0n) is 31.5. The largest absolute Gasteiger partial charge is 0.309 e. The van der Waals surface area contributed by atoms with Crippen molar-refractivity contribution in [1.82, 2.24) is 4.57 Å². The molecule has 11 rings (SSSR count). The highest BCUT2D eigenvalue weighted by atomic mass is 15.1. The minimum Gasteiger partial charge on any atom is -0.309 e. The van der Waals surface area contributed by atoms with Crippen molar-refractivity contribution >= 4 is 32.6 Å². The van der Waals surface area contributed by atoms with Crippen LogP contribution in [-0.2, 0) is 17.4 Å². The maximum absolute atomic E-state index is 2.64. The van der Waals surface area contributed by atoms with Crippen LogP contribution in [0.5, 0.6) is 0 Å². The highest BCUT2D eigenvalue weighted by molar-refractivity contribution is 6.13. The number of pyridine rings is 1. The Morgan fingerprint density at radius 2 is 1.22 bits per heavy atom. The molecular formula is C53H43N2+. The molecular weight excluding hydrogens is 665 g/mol. The van der Waals surface area contributed by atoms with E-state index in [0.717, 1.165) is 25.7 Å². The smallest absolute Gasteiger partial charge is 0.221 e. The molecule has 0 bridgehead atoms. The highest BCUT2D eigenvalue weighted by Crippen LogP contribution is 2.54. The van der Waals surface area contributed by atoms with Crippen LogP contribution in [0.1, 0.15) is 60.9 Å². The summed E-state index contributed by atoms with van der Waals surface area (Å²) in [6.45, 7) is 4.74. The number of benzene rings is 7. The molecule has 9 aromatic rings. The molecule has 2 aliphatic rings. The molecule has 0 N–H and O–H groups in total. The lowest BCUT2D eigenvalue weighted by Crippen LogP contribution is -2.56. The monoisotopic (exact) mass is 707 g/mol. The summed E-state index contributed by atoms with van der Waals surface area (Å²) < 4.78 is 5.18. The zero-order valence-corrected chi connectivity index (χ0v) is 31.5. The number of aromatic nitrogens is 2. The molecule has 7 aromatic carbocycles. The van der Waals surface area contributed by atoms with Crippen molar-refractivity contribution in [1.29, 1.82) is 0 Å². The fourth-order valence-electron chi connectivity index (χ4n) is 10.6. The van der Waals surface area contributed by atoms with Crippen LogP contribution in [0.2, 0.25) is 0 Å². The van der Waals surface area contributed by atoms with Crippen molar-refractivity contribution in [2.24, 2.45) is 0 Å². The first-order valence-electron chi connectivity index (χ1n) is 20.0. The molecule has 2 aromatic heterocycles. The minimum absolute atomic E-state index is 0.0915. The molecule has 0 aliphatic carbocycles. The van der Waals surface area contributed by atoms with E-state index >= 15 is 0 Å². The Morgan fingerprint density at radius 3 is 2.00 bits per heavy atom. The topological polar surface area (TPSA) is 8.81 Å². The molecule has 0 saturated carbocycles. The second kappa shape index (κ2) is 12.1. The molecule has 0 radical (unpaired) electrons. The Morgan fingerprint density at radius 1 is 0.564 bits per heavy atom. The molecule has 0 atom stereocenters. The Bertz CT molecular complexity index is 2910. The van der Waals surface area contributed by atoms with Crippen LogP contribution >= 0.6 is 0 Å². The van der Waals surface area contributed by atoms with E-state index < -0.39 is 5.41 Å². The summed E-state index contributed by atoms with van der Waals surface area (Å²) in [6, 6.07) is 64.0. The summed E-state index contributed by atoms with van der Waals surface area (Å²) >= 11 is 0. The van der Waals surface area contributed by atoms with E-state index in [1.54, 1.807) is 0 Å². The number of nitrogens with zero attached hydrogens (tertiary/aromatic N) is 2. The Hall–Kier alpha value is -6.25. The molecule has 55 heavy (non-hydrogen) atoms. The summed E-state index contributed by atoms with van der Waals surface area (Å²) in [5.41, 5.74) is 15.3. The molecule has 0 spiro atoms. The lowest BCUT2D eigenvalue weighted by molar-refractivity contribution is -0.756. The fraction of sp³-hybridized carbons (Fsp3) is 0.151. The average Bonchev–Trinajstić information content (AvgIpc) is 3.51. The van der Waals surface area contributed by atoms with E-state index in [2.05, 4.69) is 199 Å². The van der Waals surface area contributed by atoms with Gasteiger partial charge < -0.3 is 4.57 Å². The van der Waals surface area contributed by atoms with Gasteiger partial charge in [0, 0.05) is 36.1 Å². The van der Waals surface area contributed by atoms with Crippen molar-refractivity contribution < 1.29 is 4.57 Å². The van der Waals surface area contributed by atoms with Gasteiger partial charge in [-0.2, -0.15) is 4.57 Å². The van der Waals surface area contributed by atoms with Gasteiger partial charge in [0.25, 0.3) is 0 Å². The zero-order chi connectivity index (χ0) is 36.7. The van der Waals surface area contributed by atoms with Crippen LogP contribution in [0.25, 0.3) is 60.6 Å². The van der Waals surface area contributed by atoms with Gasteiger partial charge in [-0.3, -0.25) is 0 Å². The maximum Gasteiger partial charge on any atom is 0.221 e. The summed E-state index contributed by atoms with van der Waals surface area (Å²) in [5.74, 6) is 0. The van der Waals surface area contributed by atoms with Crippen molar-refractivity contribution in [3.63, 3.8) is 0 Å². The number of hydrogen-bond donors (Lipinski definition) is 0. The normalized spacial score (nSPS) is 15.0. The lowest BCUT2D eigenvalue weighted by atomic mass is 9.63. The average molecular weight is 708 g/mol. The van der Waals surface area contributed by atoms with Crippen molar-refractivity contribution in [3.8, 4) is 28.1 Å². The van der Waals surface area contributed by atoms with Gasteiger partial charge in [-0.25, -0.2) is 0 Å². The van der Waals surface area contributed by atoms with Gasteiger partial charge in [-0.1, -0.05) is 147 Å². The second-order valence-corrected chi connectivity index (χ2v) is 15.7. The Kier molecular flexibility index (Phi) is 7.10. The molecule has 0 amide bonds. The van der Waals surface area contributed by atoms with Gasteiger partial charge in [0.05, 0.1) is 33.1 Å². The van der Waals surface area contributed by atoms with Crippen LogP contribution in [0, 0.1) is 0 Å². The van der Waals surface area contributed by atoms with Crippen LogP contribution in [0.4, 0.5) is 0 Å². The SMILES string of the molecule is CCC1(CC)CCc2ccc(-c3ccc4c(c3)c3cccc5c3n4-c3ccccc3C5(c3ccccc3)c3ccccc3)cc2-c2c3ccccc3cc[n+]21. The van der Waals surface area contributed by atoms with E-state index in [9.17, 15) is 0 Å². The fourth-order valence-corrected chi connectivity index (χ4v) is 10.6. The summed E-state index contributed by atoms with van der Waals surface area (Å²) in [4.78, 5) is 0. The lowest BCUT2D eigenvalue weighted by Gasteiger charge is -2.41. The first-order valence-corrected chi connectivity index (χ1v) is 20.0. The van der Waals surface area contributed by atoms with Gasteiger partial charge in [0.15, 0.2) is 11.7 Å². The first kappa shape index (κ1) is 32.2. The molecule has 0 saturated heterocycles. The van der Waals surface area contributed by atoms with E-state index in [4.69, 9.17) is 0 Å². The van der Waals surface area contributed by atoms with Crippen LogP contribution in [0.3, 0.4) is 0 Å². The summed E-state index contributed by atoms with van der Waals surface area (Å²) in [6.07, 6.45) is 6.82. The molecule has 0 fully saturated rings. The van der Waals surface area contributed by atoms with E-state index in [1.807, 2.05) is 0 Å². The number of aryl methyl sites for hydroxylation is 1. The van der Waals surface area contributed by atoms with Gasteiger partial charge in [-0.05, 0) is 81.1 Å². The number of para-hydroxylation sites is 2. The second-order valence-electron chi connectivity index (χ2n) is 15.7. The quantitative estimate of drug-likeness (QED) is 0.158. The highest BCUT2D eigenvalue weighted by Gasteiger charge is 2.45. The van der Waals surface area contributed by atoms with Crippen molar-refractivity contribution in [2.45, 2.75) is 50.5 Å². The third-order valence-electron chi connectivity index (χ3n) is 13.4. The van der Waals surface area contributed by atoms with E-state index in [0.29, 0.717) is 0 Å².